The highest BCUT2D eigenvalue weighted by Crippen LogP contribution is 2.15. The molecule has 0 amide bonds. The average molecular weight is 297 g/mol. The van der Waals surface area contributed by atoms with E-state index in [1.807, 2.05) is 56.0 Å². The molecule has 7 nitrogen and oxygen atoms in total. The molecular weight excluding hydrogens is 278 g/mol. The number of hydrogen-bond donors (Lipinski definition) is 0. The van der Waals surface area contributed by atoms with Crippen molar-refractivity contribution in [2.75, 3.05) is 11.9 Å². The average Bonchev–Trinajstić information content (AvgIpc) is 3.04. The maximum absolute atomic E-state index is 4.66. The standard InChI is InChI=1S/C15H19N7/c1-11-5-12(2)22(19-11)15-8-16-7-14(18-15)20(3)9-13-6-17-21(4)10-13/h5-8,10H,9H2,1-4H3. The number of hydrogen-bond acceptors (Lipinski definition) is 5. The van der Waals surface area contributed by atoms with Crippen molar-refractivity contribution in [3.63, 3.8) is 0 Å². The van der Waals surface area contributed by atoms with Crippen LogP contribution in [0.1, 0.15) is 17.0 Å². The van der Waals surface area contributed by atoms with Gasteiger partial charge >= 0.3 is 0 Å². The van der Waals surface area contributed by atoms with Gasteiger partial charge in [-0.15, -0.1) is 0 Å². The summed E-state index contributed by atoms with van der Waals surface area (Å²) in [5.74, 6) is 1.52. The molecular formula is C15H19N7. The molecule has 0 saturated heterocycles. The van der Waals surface area contributed by atoms with E-state index >= 15 is 0 Å². The fraction of sp³-hybridized carbons (Fsp3) is 0.333. The van der Waals surface area contributed by atoms with E-state index in [0.29, 0.717) is 0 Å². The van der Waals surface area contributed by atoms with Crippen molar-refractivity contribution < 1.29 is 0 Å². The number of nitrogens with zero attached hydrogens (tertiary/aromatic N) is 7. The highest BCUT2D eigenvalue weighted by atomic mass is 15.3. The summed E-state index contributed by atoms with van der Waals surface area (Å²) < 4.78 is 3.60. The van der Waals surface area contributed by atoms with Crippen LogP contribution in [-0.2, 0) is 13.6 Å². The topological polar surface area (TPSA) is 64.7 Å². The molecule has 0 N–H and O–H groups in total. The molecule has 0 aromatic carbocycles. The number of rotatable bonds is 4. The Balaban J connectivity index is 1.85. The van der Waals surface area contributed by atoms with Crippen molar-refractivity contribution in [3.8, 4) is 5.82 Å². The lowest BCUT2D eigenvalue weighted by atomic mass is 10.3. The number of anilines is 1. The smallest absolute Gasteiger partial charge is 0.174 e. The van der Waals surface area contributed by atoms with E-state index in [9.17, 15) is 0 Å². The maximum atomic E-state index is 4.66. The van der Waals surface area contributed by atoms with Crippen LogP contribution in [0.3, 0.4) is 0 Å². The molecule has 0 aliphatic carbocycles. The van der Waals surface area contributed by atoms with Gasteiger partial charge in [-0.2, -0.15) is 10.2 Å². The second-order valence-electron chi connectivity index (χ2n) is 5.45. The molecule has 22 heavy (non-hydrogen) atoms. The van der Waals surface area contributed by atoms with Crippen molar-refractivity contribution >= 4 is 5.82 Å². The minimum atomic E-state index is 0.723. The van der Waals surface area contributed by atoms with Crippen molar-refractivity contribution in [1.29, 1.82) is 0 Å². The monoisotopic (exact) mass is 297 g/mol. The van der Waals surface area contributed by atoms with Gasteiger partial charge in [0.2, 0.25) is 0 Å². The number of aromatic nitrogens is 6. The molecule has 114 valence electrons. The fourth-order valence-electron chi connectivity index (χ4n) is 2.40. The van der Waals surface area contributed by atoms with Crippen molar-refractivity contribution in [2.24, 2.45) is 7.05 Å². The van der Waals surface area contributed by atoms with Gasteiger partial charge in [-0.25, -0.2) is 9.67 Å². The zero-order valence-electron chi connectivity index (χ0n) is 13.2. The second kappa shape index (κ2) is 5.59. The lowest BCUT2D eigenvalue weighted by Crippen LogP contribution is -2.18. The molecule has 0 aliphatic heterocycles. The van der Waals surface area contributed by atoms with Gasteiger partial charge in [0.15, 0.2) is 5.82 Å². The van der Waals surface area contributed by atoms with Gasteiger partial charge in [-0.3, -0.25) is 9.67 Å². The van der Waals surface area contributed by atoms with Gasteiger partial charge < -0.3 is 4.90 Å². The molecule has 0 saturated carbocycles. The first-order chi connectivity index (χ1) is 10.5. The second-order valence-corrected chi connectivity index (χ2v) is 5.45. The Labute approximate surface area is 129 Å². The van der Waals surface area contributed by atoms with E-state index in [1.165, 1.54) is 0 Å². The summed E-state index contributed by atoms with van der Waals surface area (Å²) in [6, 6.07) is 2.02. The van der Waals surface area contributed by atoms with Gasteiger partial charge in [0.1, 0.15) is 5.82 Å². The van der Waals surface area contributed by atoms with Crippen LogP contribution in [0, 0.1) is 13.8 Å². The van der Waals surface area contributed by atoms with Crippen LogP contribution in [0.2, 0.25) is 0 Å². The summed E-state index contributed by atoms with van der Waals surface area (Å²) in [5, 5.41) is 8.63. The third-order valence-corrected chi connectivity index (χ3v) is 3.40. The minimum absolute atomic E-state index is 0.723. The molecule has 0 atom stereocenters. The van der Waals surface area contributed by atoms with Crippen molar-refractivity contribution in [1.82, 2.24) is 29.5 Å². The quantitative estimate of drug-likeness (QED) is 0.732. The molecule has 7 heteroatoms. The summed E-state index contributed by atoms with van der Waals surface area (Å²) in [6.07, 6.45) is 7.33. The van der Waals surface area contributed by atoms with Crippen LogP contribution in [0.25, 0.3) is 5.82 Å². The predicted octanol–water partition coefficient (Wildman–Crippen LogP) is 1.65. The van der Waals surface area contributed by atoms with Crippen LogP contribution in [0.4, 0.5) is 5.82 Å². The lowest BCUT2D eigenvalue weighted by Gasteiger charge is -2.17. The Bertz CT molecular complexity index is 787. The summed E-state index contributed by atoms with van der Waals surface area (Å²) in [6.45, 7) is 4.70. The molecule has 3 rings (SSSR count). The van der Waals surface area contributed by atoms with Gasteiger partial charge in [-0.1, -0.05) is 0 Å². The van der Waals surface area contributed by atoms with Crippen LogP contribution >= 0.6 is 0 Å². The van der Waals surface area contributed by atoms with E-state index in [0.717, 1.165) is 35.1 Å². The molecule has 3 aromatic heterocycles. The normalized spacial score (nSPS) is 10.9. The molecule has 0 bridgehead atoms. The van der Waals surface area contributed by atoms with Crippen LogP contribution in [-0.4, -0.2) is 36.6 Å². The zero-order chi connectivity index (χ0) is 15.7. The molecule has 0 fully saturated rings. The summed E-state index contributed by atoms with van der Waals surface area (Å²) >= 11 is 0. The Kier molecular flexibility index (Phi) is 3.62. The Hall–Kier alpha value is -2.70. The van der Waals surface area contributed by atoms with E-state index in [2.05, 4.69) is 20.2 Å². The van der Waals surface area contributed by atoms with Crippen LogP contribution in [0.5, 0.6) is 0 Å². The minimum Gasteiger partial charge on any atom is -0.354 e. The summed E-state index contributed by atoms with van der Waals surface area (Å²) in [4.78, 5) is 11.0. The van der Waals surface area contributed by atoms with Crippen LogP contribution in [0.15, 0.2) is 30.9 Å². The lowest BCUT2D eigenvalue weighted by molar-refractivity contribution is 0.765. The predicted molar refractivity (Wildman–Crippen MR) is 83.9 cm³/mol. The number of aryl methyl sites for hydroxylation is 3. The van der Waals surface area contributed by atoms with E-state index < -0.39 is 0 Å². The van der Waals surface area contributed by atoms with Crippen LogP contribution < -0.4 is 4.90 Å². The Morgan fingerprint density at radius 1 is 1.18 bits per heavy atom. The van der Waals surface area contributed by atoms with Crippen molar-refractivity contribution in [3.05, 3.63) is 47.8 Å². The highest BCUT2D eigenvalue weighted by molar-refractivity contribution is 5.39. The molecule has 3 aromatic rings. The highest BCUT2D eigenvalue weighted by Gasteiger charge is 2.10. The van der Waals surface area contributed by atoms with E-state index in [1.54, 1.807) is 17.1 Å². The molecule has 0 radical (unpaired) electrons. The fourth-order valence-corrected chi connectivity index (χ4v) is 2.40. The summed E-state index contributed by atoms with van der Waals surface area (Å²) in [5.41, 5.74) is 3.13. The molecule has 0 spiro atoms. The SMILES string of the molecule is Cc1cc(C)n(-c2cncc(N(C)Cc3cnn(C)c3)n2)n1. The van der Waals surface area contributed by atoms with Gasteiger partial charge in [0, 0.05) is 38.1 Å². The van der Waals surface area contributed by atoms with Gasteiger partial charge in [0.05, 0.1) is 24.3 Å². The maximum Gasteiger partial charge on any atom is 0.174 e. The third kappa shape index (κ3) is 2.83. The van der Waals surface area contributed by atoms with E-state index in [-0.39, 0.29) is 0 Å². The third-order valence-electron chi connectivity index (χ3n) is 3.40. The molecule has 3 heterocycles. The van der Waals surface area contributed by atoms with Crippen molar-refractivity contribution in [2.45, 2.75) is 20.4 Å². The molecule has 0 unspecified atom stereocenters. The van der Waals surface area contributed by atoms with Gasteiger partial charge in [-0.05, 0) is 19.9 Å². The Morgan fingerprint density at radius 3 is 2.64 bits per heavy atom. The summed E-state index contributed by atoms with van der Waals surface area (Å²) in [7, 11) is 3.90. The zero-order valence-corrected chi connectivity index (χ0v) is 13.2. The first kappa shape index (κ1) is 14.2. The first-order valence-corrected chi connectivity index (χ1v) is 7.07. The largest absolute Gasteiger partial charge is 0.354 e. The first-order valence-electron chi connectivity index (χ1n) is 7.07. The van der Waals surface area contributed by atoms with E-state index in [4.69, 9.17) is 0 Å². The van der Waals surface area contributed by atoms with Gasteiger partial charge in [0.25, 0.3) is 0 Å². The molecule has 0 aliphatic rings. The Morgan fingerprint density at radius 2 is 2.00 bits per heavy atom.